The van der Waals surface area contributed by atoms with E-state index in [-0.39, 0.29) is 11.7 Å². The first-order valence-electron chi connectivity index (χ1n) is 5.15. The molecule has 86 valence electrons. The molecule has 0 saturated carbocycles. The zero-order chi connectivity index (χ0) is 11.8. The Kier molecular flexibility index (Phi) is 2.59. The van der Waals surface area contributed by atoms with Gasteiger partial charge in [0.1, 0.15) is 5.75 Å². The summed E-state index contributed by atoms with van der Waals surface area (Å²) >= 11 is 0. The fraction of sp³-hybridized carbons (Fsp3) is 0.417. The maximum atomic E-state index is 11.5. The van der Waals surface area contributed by atoms with Gasteiger partial charge in [0.25, 0.3) is 0 Å². The molecule has 1 aromatic rings. The summed E-state index contributed by atoms with van der Waals surface area (Å²) < 4.78 is 10.5. The molecule has 2 rings (SSSR count). The van der Waals surface area contributed by atoms with E-state index in [4.69, 9.17) is 14.6 Å². The Balaban J connectivity index is 2.06. The molecule has 4 nitrogen and oxygen atoms in total. The highest BCUT2D eigenvalue weighted by Gasteiger charge is 2.40. The van der Waals surface area contributed by atoms with Crippen molar-refractivity contribution in [3.63, 3.8) is 0 Å². The number of benzene rings is 1. The second kappa shape index (κ2) is 3.79. The van der Waals surface area contributed by atoms with Crippen molar-refractivity contribution in [2.75, 3.05) is 0 Å². The molecule has 1 unspecified atom stereocenters. The number of esters is 1. The molecule has 0 spiro atoms. The van der Waals surface area contributed by atoms with Crippen LogP contribution in [0.25, 0.3) is 0 Å². The number of carbonyl (C=O) groups excluding carboxylic acids is 1. The van der Waals surface area contributed by atoms with Crippen LogP contribution in [-0.2, 0) is 20.7 Å². The molecule has 0 aliphatic carbocycles. The van der Waals surface area contributed by atoms with Gasteiger partial charge in [0.15, 0.2) is 6.10 Å². The molecule has 0 amide bonds. The van der Waals surface area contributed by atoms with Gasteiger partial charge in [-0.2, -0.15) is 0 Å². The van der Waals surface area contributed by atoms with E-state index in [0.29, 0.717) is 6.42 Å². The zero-order valence-corrected chi connectivity index (χ0v) is 9.27. The van der Waals surface area contributed by atoms with E-state index in [9.17, 15) is 4.79 Å². The monoisotopic (exact) mass is 222 g/mol. The number of phenolic OH excluding ortho intramolecular Hbond substituents is 1. The van der Waals surface area contributed by atoms with E-state index in [0.717, 1.165) is 5.56 Å². The minimum Gasteiger partial charge on any atom is -0.508 e. The van der Waals surface area contributed by atoms with Crippen molar-refractivity contribution in [2.24, 2.45) is 0 Å². The summed E-state index contributed by atoms with van der Waals surface area (Å²) in [5, 5.41) is 9.13. The molecule has 1 saturated heterocycles. The van der Waals surface area contributed by atoms with Crippen LogP contribution in [0.1, 0.15) is 19.4 Å². The SMILES string of the molecule is CC1(C)OC(=O)C(Cc2ccc(O)cc2)O1. The van der Waals surface area contributed by atoms with Gasteiger partial charge in [0, 0.05) is 20.3 Å². The minimum atomic E-state index is -0.835. The van der Waals surface area contributed by atoms with Gasteiger partial charge in [-0.1, -0.05) is 12.1 Å². The van der Waals surface area contributed by atoms with Crippen LogP contribution in [0.5, 0.6) is 5.75 Å². The first kappa shape index (κ1) is 11.0. The molecule has 1 aliphatic heterocycles. The molecule has 1 atom stereocenters. The van der Waals surface area contributed by atoms with Gasteiger partial charge in [0.2, 0.25) is 5.79 Å². The van der Waals surface area contributed by atoms with Crippen LogP contribution in [-0.4, -0.2) is 23.0 Å². The molecule has 4 heteroatoms. The summed E-state index contributed by atoms with van der Waals surface area (Å²) in [6, 6.07) is 6.69. The predicted molar refractivity (Wildman–Crippen MR) is 56.9 cm³/mol. The summed E-state index contributed by atoms with van der Waals surface area (Å²) in [4.78, 5) is 11.5. The standard InChI is InChI=1S/C12H14O4/c1-12(2)15-10(11(14)16-12)7-8-3-5-9(13)6-4-8/h3-6,10,13H,7H2,1-2H3. The van der Waals surface area contributed by atoms with E-state index in [1.807, 2.05) is 0 Å². The zero-order valence-electron chi connectivity index (χ0n) is 9.27. The normalized spacial score (nSPS) is 23.1. The molecule has 0 radical (unpaired) electrons. The van der Waals surface area contributed by atoms with E-state index in [2.05, 4.69) is 0 Å². The number of hydrogen-bond acceptors (Lipinski definition) is 4. The van der Waals surface area contributed by atoms with Gasteiger partial charge in [-0.3, -0.25) is 0 Å². The fourth-order valence-electron chi connectivity index (χ4n) is 1.69. The maximum absolute atomic E-state index is 11.5. The van der Waals surface area contributed by atoms with E-state index in [1.54, 1.807) is 38.1 Å². The second-order valence-corrected chi connectivity index (χ2v) is 4.30. The number of phenols is 1. The molecule has 1 aromatic carbocycles. The molecule has 16 heavy (non-hydrogen) atoms. The lowest BCUT2D eigenvalue weighted by Gasteiger charge is -2.15. The number of carbonyl (C=O) groups is 1. The van der Waals surface area contributed by atoms with Gasteiger partial charge in [-0.05, 0) is 17.7 Å². The van der Waals surface area contributed by atoms with Gasteiger partial charge < -0.3 is 14.6 Å². The van der Waals surface area contributed by atoms with Crippen molar-refractivity contribution in [2.45, 2.75) is 32.2 Å². The van der Waals surface area contributed by atoms with Gasteiger partial charge >= 0.3 is 5.97 Å². The molecular weight excluding hydrogens is 208 g/mol. The number of aromatic hydroxyl groups is 1. The highest BCUT2D eigenvalue weighted by atomic mass is 16.8. The largest absolute Gasteiger partial charge is 0.508 e. The van der Waals surface area contributed by atoms with Crippen molar-refractivity contribution in [3.05, 3.63) is 29.8 Å². The number of hydrogen-bond donors (Lipinski definition) is 1. The van der Waals surface area contributed by atoms with Crippen LogP contribution in [0, 0.1) is 0 Å². The third kappa shape index (κ3) is 2.33. The van der Waals surface area contributed by atoms with Crippen molar-refractivity contribution < 1.29 is 19.4 Å². The molecule has 0 aromatic heterocycles. The van der Waals surface area contributed by atoms with E-state index < -0.39 is 11.9 Å². The molecule has 1 heterocycles. The Hall–Kier alpha value is -1.55. The summed E-state index contributed by atoms with van der Waals surface area (Å²) in [5.74, 6) is -0.962. The molecule has 1 fully saturated rings. The molecule has 0 bridgehead atoms. The number of cyclic esters (lactones) is 1. The summed E-state index contributed by atoms with van der Waals surface area (Å²) in [5.41, 5.74) is 0.928. The average Bonchev–Trinajstić information content (AvgIpc) is 2.44. The fourth-order valence-corrected chi connectivity index (χ4v) is 1.69. The van der Waals surface area contributed by atoms with Gasteiger partial charge in [-0.15, -0.1) is 0 Å². The van der Waals surface area contributed by atoms with Crippen LogP contribution < -0.4 is 0 Å². The Morgan fingerprint density at radius 2 is 1.94 bits per heavy atom. The second-order valence-electron chi connectivity index (χ2n) is 4.30. The summed E-state index contributed by atoms with van der Waals surface area (Å²) in [6.45, 7) is 3.42. The molecular formula is C12H14O4. The maximum Gasteiger partial charge on any atom is 0.338 e. The van der Waals surface area contributed by atoms with Gasteiger partial charge in [-0.25, -0.2) is 4.79 Å². The Morgan fingerprint density at radius 3 is 2.44 bits per heavy atom. The van der Waals surface area contributed by atoms with E-state index >= 15 is 0 Å². The number of rotatable bonds is 2. The third-order valence-corrected chi connectivity index (χ3v) is 2.39. The van der Waals surface area contributed by atoms with Gasteiger partial charge in [0.05, 0.1) is 0 Å². The van der Waals surface area contributed by atoms with Crippen molar-refractivity contribution in [1.29, 1.82) is 0 Å². The lowest BCUT2D eigenvalue weighted by atomic mass is 10.1. The Bertz CT molecular complexity index is 394. The van der Waals surface area contributed by atoms with Crippen molar-refractivity contribution >= 4 is 5.97 Å². The van der Waals surface area contributed by atoms with E-state index in [1.165, 1.54) is 0 Å². The van der Waals surface area contributed by atoms with Crippen molar-refractivity contribution in [3.8, 4) is 5.75 Å². The van der Waals surface area contributed by atoms with Crippen LogP contribution >= 0.6 is 0 Å². The van der Waals surface area contributed by atoms with Crippen molar-refractivity contribution in [1.82, 2.24) is 0 Å². The average molecular weight is 222 g/mol. The van der Waals surface area contributed by atoms with Crippen LogP contribution in [0.15, 0.2) is 24.3 Å². The summed E-state index contributed by atoms with van der Waals surface area (Å²) in [7, 11) is 0. The highest BCUT2D eigenvalue weighted by molar-refractivity contribution is 5.77. The Labute approximate surface area is 93.8 Å². The predicted octanol–water partition coefficient (Wildman–Crippen LogP) is 1.61. The third-order valence-electron chi connectivity index (χ3n) is 2.39. The minimum absolute atomic E-state index is 0.207. The van der Waals surface area contributed by atoms with Crippen LogP contribution in [0.4, 0.5) is 0 Å². The quantitative estimate of drug-likeness (QED) is 0.772. The molecule has 1 aliphatic rings. The lowest BCUT2D eigenvalue weighted by molar-refractivity contribution is -0.160. The first-order chi connectivity index (χ1) is 7.46. The highest BCUT2D eigenvalue weighted by Crippen LogP contribution is 2.26. The molecule has 1 N–H and O–H groups in total. The number of ether oxygens (including phenoxy) is 2. The van der Waals surface area contributed by atoms with Crippen LogP contribution in [0.3, 0.4) is 0 Å². The first-order valence-corrected chi connectivity index (χ1v) is 5.15. The topological polar surface area (TPSA) is 55.8 Å². The lowest BCUT2D eigenvalue weighted by Crippen LogP contribution is -2.22. The smallest absolute Gasteiger partial charge is 0.338 e. The Morgan fingerprint density at radius 1 is 1.31 bits per heavy atom. The van der Waals surface area contributed by atoms with Crippen LogP contribution in [0.2, 0.25) is 0 Å². The summed E-state index contributed by atoms with van der Waals surface area (Å²) in [6.07, 6.45) is -0.0951.